The van der Waals surface area contributed by atoms with Crippen molar-refractivity contribution >= 4 is 39.9 Å². The van der Waals surface area contributed by atoms with E-state index in [1.165, 1.54) is 0 Å². The van der Waals surface area contributed by atoms with Crippen LogP contribution in [0.2, 0.25) is 5.02 Å². The van der Waals surface area contributed by atoms with Gasteiger partial charge in [0.25, 0.3) is 0 Å². The smallest absolute Gasteiger partial charge is 0.136 e. The molecule has 0 amide bonds. The van der Waals surface area contributed by atoms with Gasteiger partial charge in [0, 0.05) is 16.6 Å². The molecule has 0 spiro atoms. The molecule has 0 bridgehead atoms. The average Bonchev–Trinajstić information content (AvgIpc) is 2.10. The molecule has 1 rings (SSSR count). The molecule has 1 atom stereocenters. The molecular formula is C11H16BrCl2NO. The average molecular weight is 329 g/mol. The maximum atomic E-state index is 9.90. The van der Waals surface area contributed by atoms with Gasteiger partial charge in [-0.1, -0.05) is 32.4 Å². The SMILES string of the molecule is CC(C)(C)[C@H](N)c1c(Cl)ccc(Br)c1O.Cl. The minimum Gasteiger partial charge on any atom is -0.506 e. The first-order chi connectivity index (χ1) is 6.75. The molecule has 0 unspecified atom stereocenters. The van der Waals surface area contributed by atoms with E-state index in [-0.39, 0.29) is 29.6 Å². The number of phenolic OH excluding ortho intramolecular Hbond substituents is 1. The number of phenols is 1. The van der Waals surface area contributed by atoms with Crippen molar-refractivity contribution in [1.29, 1.82) is 0 Å². The number of hydrogen-bond donors (Lipinski definition) is 2. The van der Waals surface area contributed by atoms with Crippen molar-refractivity contribution in [3.05, 3.63) is 27.2 Å². The van der Waals surface area contributed by atoms with Crippen molar-refractivity contribution in [2.45, 2.75) is 26.8 Å². The van der Waals surface area contributed by atoms with Crippen LogP contribution in [0, 0.1) is 5.41 Å². The Bertz CT molecular complexity index is 377. The van der Waals surface area contributed by atoms with E-state index in [2.05, 4.69) is 15.9 Å². The molecule has 16 heavy (non-hydrogen) atoms. The predicted octanol–water partition coefficient (Wildman–Crippen LogP) is 4.28. The zero-order chi connectivity index (χ0) is 11.8. The highest BCUT2D eigenvalue weighted by Gasteiger charge is 2.27. The zero-order valence-corrected chi connectivity index (χ0v) is 12.6. The lowest BCUT2D eigenvalue weighted by molar-refractivity contribution is 0.317. The van der Waals surface area contributed by atoms with Crippen LogP contribution in [0.25, 0.3) is 0 Å². The highest BCUT2D eigenvalue weighted by molar-refractivity contribution is 9.10. The van der Waals surface area contributed by atoms with E-state index in [0.29, 0.717) is 15.1 Å². The van der Waals surface area contributed by atoms with Crippen molar-refractivity contribution < 1.29 is 5.11 Å². The Hall–Kier alpha value is 0.0400. The second-order valence-electron chi connectivity index (χ2n) is 4.64. The molecule has 0 aliphatic heterocycles. The fraction of sp³-hybridized carbons (Fsp3) is 0.455. The van der Waals surface area contributed by atoms with Crippen LogP contribution in [-0.4, -0.2) is 5.11 Å². The summed E-state index contributed by atoms with van der Waals surface area (Å²) in [4.78, 5) is 0. The van der Waals surface area contributed by atoms with Gasteiger partial charge in [0.1, 0.15) is 5.75 Å². The lowest BCUT2D eigenvalue weighted by Crippen LogP contribution is -2.26. The van der Waals surface area contributed by atoms with Gasteiger partial charge < -0.3 is 10.8 Å². The first kappa shape index (κ1) is 16.0. The molecule has 5 heteroatoms. The third kappa shape index (κ3) is 3.27. The first-order valence-corrected chi connectivity index (χ1v) is 5.84. The van der Waals surface area contributed by atoms with Crippen molar-refractivity contribution in [1.82, 2.24) is 0 Å². The Kier molecular flexibility index (Phi) is 5.60. The van der Waals surface area contributed by atoms with Crippen molar-refractivity contribution in [3.63, 3.8) is 0 Å². The lowest BCUT2D eigenvalue weighted by atomic mass is 9.83. The lowest BCUT2D eigenvalue weighted by Gasteiger charge is -2.28. The van der Waals surface area contributed by atoms with Gasteiger partial charge in [0.15, 0.2) is 0 Å². The van der Waals surface area contributed by atoms with Crippen molar-refractivity contribution in [3.8, 4) is 5.75 Å². The van der Waals surface area contributed by atoms with E-state index in [9.17, 15) is 5.11 Å². The number of hydrogen-bond acceptors (Lipinski definition) is 2. The van der Waals surface area contributed by atoms with Crippen LogP contribution in [0.4, 0.5) is 0 Å². The molecule has 0 aliphatic rings. The monoisotopic (exact) mass is 327 g/mol. The Balaban J connectivity index is 0.00000225. The largest absolute Gasteiger partial charge is 0.506 e. The predicted molar refractivity (Wildman–Crippen MR) is 74.4 cm³/mol. The summed E-state index contributed by atoms with van der Waals surface area (Å²) in [5, 5.41) is 10.4. The molecule has 0 fully saturated rings. The van der Waals surface area contributed by atoms with Gasteiger partial charge in [-0.05, 0) is 33.5 Å². The number of halogens is 3. The van der Waals surface area contributed by atoms with Gasteiger partial charge >= 0.3 is 0 Å². The summed E-state index contributed by atoms with van der Waals surface area (Å²) >= 11 is 9.29. The van der Waals surface area contributed by atoms with Crippen LogP contribution in [-0.2, 0) is 0 Å². The molecule has 3 N–H and O–H groups in total. The molecule has 2 nitrogen and oxygen atoms in total. The fourth-order valence-electron chi connectivity index (χ4n) is 1.29. The van der Waals surface area contributed by atoms with Gasteiger partial charge in [-0.25, -0.2) is 0 Å². The van der Waals surface area contributed by atoms with E-state index < -0.39 is 0 Å². The number of benzene rings is 1. The van der Waals surface area contributed by atoms with Crippen LogP contribution in [0.3, 0.4) is 0 Å². The van der Waals surface area contributed by atoms with Gasteiger partial charge in [-0.3, -0.25) is 0 Å². The van der Waals surface area contributed by atoms with E-state index >= 15 is 0 Å². The van der Waals surface area contributed by atoms with E-state index in [1.54, 1.807) is 12.1 Å². The molecule has 0 saturated carbocycles. The summed E-state index contributed by atoms with van der Waals surface area (Å²) in [6.07, 6.45) is 0. The molecule has 0 aromatic heterocycles. The summed E-state index contributed by atoms with van der Waals surface area (Å²) in [6.45, 7) is 6.02. The Morgan fingerprint density at radius 2 is 1.88 bits per heavy atom. The number of rotatable bonds is 1. The second-order valence-corrected chi connectivity index (χ2v) is 5.90. The molecule has 92 valence electrons. The molecule has 0 heterocycles. The third-order valence-electron chi connectivity index (χ3n) is 2.36. The fourth-order valence-corrected chi connectivity index (χ4v) is 1.90. The van der Waals surface area contributed by atoms with Crippen LogP contribution in [0.1, 0.15) is 32.4 Å². The first-order valence-electron chi connectivity index (χ1n) is 4.67. The summed E-state index contributed by atoms with van der Waals surface area (Å²) in [5.74, 6) is 0.130. The zero-order valence-electron chi connectivity index (χ0n) is 9.42. The van der Waals surface area contributed by atoms with Crippen LogP contribution >= 0.6 is 39.9 Å². The Labute approximate surface area is 116 Å². The summed E-state index contributed by atoms with van der Waals surface area (Å²) < 4.78 is 0.613. The molecule has 0 aliphatic carbocycles. The Morgan fingerprint density at radius 1 is 1.38 bits per heavy atom. The van der Waals surface area contributed by atoms with Crippen LogP contribution in [0.5, 0.6) is 5.75 Å². The molecule has 0 radical (unpaired) electrons. The quantitative estimate of drug-likeness (QED) is 0.808. The second kappa shape index (κ2) is 5.58. The number of nitrogens with two attached hydrogens (primary N) is 1. The summed E-state index contributed by atoms with van der Waals surface area (Å²) in [7, 11) is 0. The standard InChI is InChI=1S/C11H15BrClNO.ClH/c1-11(2,3)10(14)8-7(13)5-4-6(12)9(8)15;/h4-5,10,15H,14H2,1-3H3;1H/t10-;/m1./s1. The molecule has 1 aromatic rings. The third-order valence-corrected chi connectivity index (χ3v) is 3.33. The molecular weight excluding hydrogens is 313 g/mol. The van der Waals surface area contributed by atoms with Crippen LogP contribution in [0.15, 0.2) is 16.6 Å². The van der Waals surface area contributed by atoms with Crippen molar-refractivity contribution in [2.24, 2.45) is 11.1 Å². The van der Waals surface area contributed by atoms with Gasteiger partial charge in [-0.15, -0.1) is 12.4 Å². The van der Waals surface area contributed by atoms with Gasteiger partial charge in [0.05, 0.1) is 4.47 Å². The summed E-state index contributed by atoms with van der Waals surface area (Å²) in [5.41, 5.74) is 6.52. The van der Waals surface area contributed by atoms with Gasteiger partial charge in [-0.2, -0.15) is 0 Å². The summed E-state index contributed by atoms with van der Waals surface area (Å²) in [6, 6.07) is 3.13. The molecule has 1 aromatic carbocycles. The van der Waals surface area contributed by atoms with Crippen LogP contribution < -0.4 is 5.73 Å². The minimum atomic E-state index is -0.303. The topological polar surface area (TPSA) is 46.2 Å². The van der Waals surface area contributed by atoms with Crippen molar-refractivity contribution in [2.75, 3.05) is 0 Å². The number of aromatic hydroxyl groups is 1. The maximum Gasteiger partial charge on any atom is 0.136 e. The minimum absolute atomic E-state index is 0. The Morgan fingerprint density at radius 3 is 2.31 bits per heavy atom. The van der Waals surface area contributed by atoms with E-state index in [0.717, 1.165) is 0 Å². The van der Waals surface area contributed by atoms with Gasteiger partial charge in [0.2, 0.25) is 0 Å². The maximum absolute atomic E-state index is 9.90. The molecule has 0 saturated heterocycles. The normalized spacial score (nSPS) is 13.1. The van der Waals surface area contributed by atoms with E-state index in [4.69, 9.17) is 17.3 Å². The van der Waals surface area contributed by atoms with E-state index in [1.807, 2.05) is 20.8 Å². The highest BCUT2D eigenvalue weighted by atomic mass is 79.9. The highest BCUT2D eigenvalue weighted by Crippen LogP contribution is 2.42.